The summed E-state index contributed by atoms with van der Waals surface area (Å²) in [6, 6.07) is 33.9. The van der Waals surface area contributed by atoms with E-state index in [9.17, 15) is 0 Å². The summed E-state index contributed by atoms with van der Waals surface area (Å²) >= 11 is 0. The van der Waals surface area contributed by atoms with Gasteiger partial charge in [0.1, 0.15) is 0 Å². The molecule has 10 rings (SSSR count). The molecule has 242 valence electrons. The van der Waals surface area contributed by atoms with Crippen LogP contribution in [0.5, 0.6) is 0 Å². The molecular weight excluding hydrogens is 601 g/mol. The molecule has 0 saturated carbocycles. The van der Waals surface area contributed by atoms with Gasteiger partial charge >= 0.3 is 0 Å². The Kier molecular flexibility index (Phi) is 7.30. The van der Waals surface area contributed by atoms with Crippen molar-refractivity contribution in [3.63, 3.8) is 0 Å². The number of rotatable bonds is 4. The molecule has 4 unspecified atom stereocenters. The van der Waals surface area contributed by atoms with Gasteiger partial charge in [0, 0.05) is 17.8 Å². The van der Waals surface area contributed by atoms with Gasteiger partial charge in [-0.25, -0.2) is 0 Å². The Morgan fingerprint density at radius 3 is 2.16 bits per heavy atom. The Bertz CT molecular complexity index is 2510. The third-order valence-electron chi connectivity index (χ3n) is 12.1. The molecule has 5 aromatic rings. The first-order valence-corrected chi connectivity index (χ1v) is 18.8. The fourth-order valence-corrected chi connectivity index (χ4v) is 9.49. The molecule has 0 N–H and O–H groups in total. The van der Waals surface area contributed by atoms with Crippen LogP contribution in [0.1, 0.15) is 71.8 Å². The number of benzene rings is 5. The van der Waals surface area contributed by atoms with E-state index in [2.05, 4.69) is 158 Å². The molecule has 5 aromatic carbocycles. The van der Waals surface area contributed by atoms with E-state index in [-0.39, 0.29) is 0 Å². The zero-order valence-electron chi connectivity index (χ0n) is 28.6. The van der Waals surface area contributed by atoms with Crippen LogP contribution < -0.4 is 10.4 Å². The van der Waals surface area contributed by atoms with Crippen LogP contribution in [0.25, 0.3) is 44.8 Å². The summed E-state index contributed by atoms with van der Waals surface area (Å²) in [6.07, 6.45) is 34.0. The van der Waals surface area contributed by atoms with Crippen molar-refractivity contribution in [2.45, 2.75) is 50.4 Å². The summed E-state index contributed by atoms with van der Waals surface area (Å²) in [6.45, 7) is 0. The third-order valence-corrected chi connectivity index (χ3v) is 12.1. The molecule has 0 bridgehead atoms. The molecule has 0 aliphatic heterocycles. The summed E-state index contributed by atoms with van der Waals surface area (Å²) in [4.78, 5) is 0. The second-order valence-corrected chi connectivity index (χ2v) is 14.9. The van der Waals surface area contributed by atoms with Gasteiger partial charge in [0.05, 0.1) is 0 Å². The second kappa shape index (κ2) is 12.3. The minimum Gasteiger partial charge on any atom is -0.0842 e. The summed E-state index contributed by atoms with van der Waals surface area (Å²) in [5, 5.41) is 8.22. The number of fused-ring (bicyclic) bond motifs is 6. The minimum atomic E-state index is 0.408. The summed E-state index contributed by atoms with van der Waals surface area (Å²) < 4.78 is 0. The van der Waals surface area contributed by atoms with E-state index in [4.69, 9.17) is 0 Å². The molecule has 5 aliphatic carbocycles. The standard InChI is InChI=1S/C50H42/c1-3-11-39-29-41(27-21-33(39)9-1)35-17-23-37(24-18-35)47-31-49-46-16-8-6-14-44(46)48(32-50(49)45-15-7-5-13-43(45)47)38-25-19-36(20-26-38)42-28-22-34-10-2-4-12-40(34)30-42/h1-4,7-12,15-19,21-23,25-32,36-37,44,48H,5-6,13-14,20,24H2. The molecule has 0 spiro atoms. The van der Waals surface area contributed by atoms with E-state index in [0.717, 1.165) is 32.1 Å². The summed E-state index contributed by atoms with van der Waals surface area (Å²) in [7, 11) is 0. The van der Waals surface area contributed by atoms with Gasteiger partial charge in [-0.05, 0) is 133 Å². The first-order valence-electron chi connectivity index (χ1n) is 18.8. The zero-order chi connectivity index (χ0) is 33.0. The fraction of sp³-hybridized carbons (Fsp3) is 0.200. The Hall–Kier alpha value is -5.20. The first kappa shape index (κ1) is 29.7. The lowest BCUT2D eigenvalue weighted by Crippen LogP contribution is -2.41. The molecule has 0 saturated heterocycles. The maximum Gasteiger partial charge on any atom is 0.00932 e. The van der Waals surface area contributed by atoms with Gasteiger partial charge in [0.15, 0.2) is 0 Å². The highest BCUT2D eigenvalue weighted by atomic mass is 14.4. The molecular formula is C50H42. The van der Waals surface area contributed by atoms with Crippen LogP contribution >= 0.6 is 0 Å². The first-order chi connectivity index (χ1) is 24.8. The van der Waals surface area contributed by atoms with E-state index in [1.54, 1.807) is 16.7 Å². The minimum absolute atomic E-state index is 0.408. The molecule has 5 aliphatic rings. The largest absolute Gasteiger partial charge is 0.0842 e. The van der Waals surface area contributed by atoms with E-state index in [1.807, 2.05) is 0 Å². The summed E-state index contributed by atoms with van der Waals surface area (Å²) in [5.41, 5.74) is 11.7. The average Bonchev–Trinajstić information content (AvgIpc) is 3.20. The monoisotopic (exact) mass is 642 g/mol. The molecule has 0 heteroatoms. The van der Waals surface area contributed by atoms with Crippen LogP contribution in [0.15, 0.2) is 151 Å². The molecule has 50 heavy (non-hydrogen) atoms. The topological polar surface area (TPSA) is 0 Å². The Balaban J connectivity index is 0.997. The van der Waals surface area contributed by atoms with Crippen LogP contribution in [0.4, 0.5) is 0 Å². The summed E-state index contributed by atoms with van der Waals surface area (Å²) in [5.74, 6) is 1.79. The van der Waals surface area contributed by atoms with Crippen molar-refractivity contribution in [2.75, 3.05) is 0 Å². The van der Waals surface area contributed by atoms with Crippen molar-refractivity contribution >= 4 is 44.8 Å². The van der Waals surface area contributed by atoms with Crippen molar-refractivity contribution < 1.29 is 0 Å². The lowest BCUT2D eigenvalue weighted by molar-refractivity contribution is 0.522. The molecule has 0 aromatic heterocycles. The normalized spacial score (nSPS) is 23.6. The van der Waals surface area contributed by atoms with Crippen LogP contribution in [-0.2, 0) is 6.42 Å². The third kappa shape index (κ3) is 5.12. The van der Waals surface area contributed by atoms with Gasteiger partial charge in [-0.2, -0.15) is 0 Å². The maximum atomic E-state index is 2.67. The molecule has 0 nitrogen and oxygen atoms in total. The second-order valence-electron chi connectivity index (χ2n) is 14.9. The van der Waals surface area contributed by atoms with Crippen LogP contribution in [0.2, 0.25) is 0 Å². The van der Waals surface area contributed by atoms with Gasteiger partial charge in [-0.3, -0.25) is 0 Å². The Labute approximate surface area is 295 Å². The van der Waals surface area contributed by atoms with Gasteiger partial charge in [0.25, 0.3) is 0 Å². The van der Waals surface area contributed by atoms with Crippen molar-refractivity contribution in [1.29, 1.82) is 0 Å². The van der Waals surface area contributed by atoms with E-state index >= 15 is 0 Å². The predicted octanol–water partition coefficient (Wildman–Crippen LogP) is 11.3. The molecule has 0 fully saturated rings. The van der Waals surface area contributed by atoms with Crippen molar-refractivity contribution in [2.24, 2.45) is 11.8 Å². The Morgan fingerprint density at radius 2 is 1.36 bits per heavy atom. The molecule has 0 radical (unpaired) electrons. The molecule has 0 heterocycles. The van der Waals surface area contributed by atoms with Crippen LogP contribution in [0, 0.1) is 11.8 Å². The number of hydrogen-bond donors (Lipinski definition) is 0. The maximum absolute atomic E-state index is 2.67. The quantitative estimate of drug-likeness (QED) is 0.183. The van der Waals surface area contributed by atoms with Gasteiger partial charge in [-0.15, -0.1) is 0 Å². The van der Waals surface area contributed by atoms with Crippen LogP contribution in [0.3, 0.4) is 0 Å². The smallest absolute Gasteiger partial charge is 0.00932 e. The fourth-order valence-electron chi connectivity index (χ4n) is 9.49. The average molecular weight is 643 g/mol. The van der Waals surface area contributed by atoms with Gasteiger partial charge in [-0.1, -0.05) is 146 Å². The highest BCUT2D eigenvalue weighted by Crippen LogP contribution is 2.42. The highest BCUT2D eigenvalue weighted by Gasteiger charge is 2.32. The van der Waals surface area contributed by atoms with Gasteiger partial charge in [0.2, 0.25) is 0 Å². The highest BCUT2D eigenvalue weighted by molar-refractivity contribution is 5.88. The van der Waals surface area contributed by atoms with E-state index in [1.165, 1.54) is 66.2 Å². The van der Waals surface area contributed by atoms with E-state index in [0.29, 0.717) is 23.7 Å². The van der Waals surface area contributed by atoms with Crippen LogP contribution in [-0.4, -0.2) is 0 Å². The SMILES string of the molecule is C1=Cc2c(c(C3C=CC(c4ccc5ccccc5c4)=CC3)cc3c2=CC(C2=CCC(c4ccc5ccccc5c4)C=C2)C2CCC=CC=32)CC1. The van der Waals surface area contributed by atoms with Crippen molar-refractivity contribution in [1.82, 2.24) is 0 Å². The predicted molar refractivity (Wildman–Crippen MR) is 213 cm³/mol. The van der Waals surface area contributed by atoms with Crippen molar-refractivity contribution in [3.8, 4) is 0 Å². The molecule has 0 amide bonds. The Morgan fingerprint density at radius 1 is 0.600 bits per heavy atom. The lowest BCUT2D eigenvalue weighted by Gasteiger charge is -2.35. The number of allylic oxidation sites excluding steroid dienone is 11. The molecule has 4 atom stereocenters. The number of hydrogen-bond acceptors (Lipinski definition) is 0. The van der Waals surface area contributed by atoms with Gasteiger partial charge < -0.3 is 0 Å². The van der Waals surface area contributed by atoms with E-state index < -0.39 is 0 Å². The lowest BCUT2D eigenvalue weighted by atomic mass is 9.69. The van der Waals surface area contributed by atoms with Crippen molar-refractivity contribution in [3.05, 3.63) is 190 Å². The zero-order valence-corrected chi connectivity index (χ0v) is 28.6.